The highest BCUT2D eigenvalue weighted by Gasteiger charge is 2.32. The lowest BCUT2D eigenvalue weighted by atomic mass is 9.99. The number of piperidine rings is 1. The molecule has 6 nitrogen and oxygen atoms in total. The van der Waals surface area contributed by atoms with E-state index >= 15 is 0 Å². The van der Waals surface area contributed by atoms with Crippen molar-refractivity contribution in [1.29, 1.82) is 0 Å². The number of guanidine groups is 1. The fourth-order valence-corrected chi connectivity index (χ4v) is 4.97. The summed E-state index contributed by atoms with van der Waals surface area (Å²) in [6.07, 6.45) is 8.06. The Morgan fingerprint density at radius 2 is 1.92 bits per heavy atom. The number of hydrogen-bond donors (Lipinski definition) is 2. The van der Waals surface area contributed by atoms with Crippen LogP contribution in [-0.4, -0.2) is 87.6 Å². The first-order valence-corrected chi connectivity index (χ1v) is 11.4. The third-order valence-electron chi connectivity index (χ3n) is 6.11. The molecule has 7 heteroatoms. The van der Waals surface area contributed by atoms with E-state index in [0.29, 0.717) is 6.04 Å². The first-order valence-electron chi connectivity index (χ1n) is 10.1. The average Bonchev–Trinajstić information content (AvgIpc) is 3.20. The summed E-state index contributed by atoms with van der Waals surface area (Å²) in [6.45, 7) is 8.17. The molecule has 2 N–H and O–H groups in total. The summed E-state index contributed by atoms with van der Waals surface area (Å²) in [4.78, 5) is 7.07. The highest BCUT2D eigenvalue weighted by Crippen LogP contribution is 2.32. The number of ether oxygens (including phenoxy) is 2. The van der Waals surface area contributed by atoms with Crippen LogP contribution in [0.3, 0.4) is 0 Å². The number of likely N-dealkylation sites (tertiary alicyclic amines) is 1. The minimum Gasteiger partial charge on any atom is -0.381 e. The number of nitrogens with one attached hydrogen (secondary N) is 2. The first kappa shape index (κ1) is 20.2. The van der Waals surface area contributed by atoms with Gasteiger partial charge in [0.25, 0.3) is 0 Å². The summed E-state index contributed by atoms with van der Waals surface area (Å²) in [5, 5.41) is 7.23. The van der Waals surface area contributed by atoms with Crippen LogP contribution in [0.5, 0.6) is 0 Å². The Kier molecular flexibility index (Phi) is 7.91. The van der Waals surface area contributed by atoms with Gasteiger partial charge in [0.1, 0.15) is 0 Å². The summed E-state index contributed by atoms with van der Waals surface area (Å²) in [5.41, 5.74) is 0. The topological polar surface area (TPSA) is 58.1 Å². The van der Waals surface area contributed by atoms with Gasteiger partial charge < -0.3 is 25.0 Å². The molecule has 3 heterocycles. The lowest BCUT2D eigenvalue weighted by Gasteiger charge is -2.37. The van der Waals surface area contributed by atoms with E-state index in [0.717, 1.165) is 57.7 Å². The normalized spacial score (nSPS) is 28.2. The molecule has 0 saturated carbocycles. The maximum absolute atomic E-state index is 5.54. The fraction of sp³-hybridized carbons (Fsp3) is 0.947. The van der Waals surface area contributed by atoms with Gasteiger partial charge in [-0.05, 0) is 44.3 Å². The SMILES string of the molecule is CN=C(NCC1(SC)CCOCC1)NC1CCN(CC2CCOC2)CC1. The molecule has 0 radical (unpaired) electrons. The summed E-state index contributed by atoms with van der Waals surface area (Å²) >= 11 is 1.96. The molecule has 150 valence electrons. The van der Waals surface area contributed by atoms with Crippen LogP contribution in [0.4, 0.5) is 0 Å². The van der Waals surface area contributed by atoms with Crippen molar-refractivity contribution in [2.75, 3.05) is 65.9 Å². The maximum atomic E-state index is 5.54. The van der Waals surface area contributed by atoms with Gasteiger partial charge >= 0.3 is 0 Å². The van der Waals surface area contributed by atoms with E-state index in [-0.39, 0.29) is 4.75 Å². The molecule has 0 bridgehead atoms. The number of aliphatic imine (C=N–C) groups is 1. The van der Waals surface area contributed by atoms with E-state index in [1.54, 1.807) is 0 Å². The number of thioether (sulfide) groups is 1. The van der Waals surface area contributed by atoms with Gasteiger partial charge in [-0.1, -0.05) is 0 Å². The molecule has 3 fully saturated rings. The van der Waals surface area contributed by atoms with Gasteiger partial charge in [-0.2, -0.15) is 11.8 Å². The zero-order chi connectivity index (χ0) is 18.2. The Morgan fingerprint density at radius 3 is 2.54 bits per heavy atom. The van der Waals surface area contributed by atoms with Gasteiger partial charge in [0, 0.05) is 63.8 Å². The second-order valence-electron chi connectivity index (χ2n) is 7.87. The maximum Gasteiger partial charge on any atom is 0.191 e. The third-order valence-corrected chi connectivity index (χ3v) is 7.53. The molecule has 1 unspecified atom stereocenters. The van der Waals surface area contributed by atoms with Gasteiger partial charge in [-0.15, -0.1) is 0 Å². The average molecular weight is 385 g/mol. The Balaban J connectivity index is 1.38. The molecule has 3 rings (SSSR count). The molecule has 0 aliphatic carbocycles. The fourth-order valence-electron chi connectivity index (χ4n) is 4.18. The summed E-state index contributed by atoms with van der Waals surface area (Å²) in [5.74, 6) is 1.70. The number of rotatable bonds is 6. The minimum atomic E-state index is 0.280. The van der Waals surface area contributed by atoms with Crippen LogP contribution in [0.1, 0.15) is 32.1 Å². The monoisotopic (exact) mass is 384 g/mol. The Morgan fingerprint density at radius 1 is 1.15 bits per heavy atom. The van der Waals surface area contributed by atoms with Gasteiger partial charge in [0.15, 0.2) is 5.96 Å². The Bertz CT molecular complexity index is 443. The van der Waals surface area contributed by atoms with Crippen LogP contribution in [0, 0.1) is 5.92 Å². The van der Waals surface area contributed by atoms with Crippen molar-refractivity contribution in [2.45, 2.75) is 42.9 Å². The van der Waals surface area contributed by atoms with E-state index in [2.05, 4.69) is 26.8 Å². The van der Waals surface area contributed by atoms with Crippen molar-refractivity contribution >= 4 is 17.7 Å². The van der Waals surface area contributed by atoms with Crippen molar-refractivity contribution in [2.24, 2.45) is 10.9 Å². The Hall–Kier alpha value is -0.500. The molecular formula is C19H36N4O2S. The highest BCUT2D eigenvalue weighted by molar-refractivity contribution is 8.00. The molecule has 0 aromatic heterocycles. The Labute approximate surface area is 162 Å². The summed E-state index contributed by atoms with van der Waals surface area (Å²) in [6, 6.07) is 0.525. The van der Waals surface area contributed by atoms with Crippen molar-refractivity contribution in [1.82, 2.24) is 15.5 Å². The second kappa shape index (κ2) is 10.2. The molecule has 0 aromatic rings. The molecule has 1 atom stereocenters. The van der Waals surface area contributed by atoms with Gasteiger partial charge in [-0.25, -0.2) is 0 Å². The van der Waals surface area contributed by atoms with Crippen LogP contribution >= 0.6 is 11.8 Å². The van der Waals surface area contributed by atoms with Gasteiger partial charge in [0.2, 0.25) is 0 Å². The predicted molar refractivity (Wildman–Crippen MR) is 109 cm³/mol. The highest BCUT2D eigenvalue weighted by atomic mass is 32.2. The van der Waals surface area contributed by atoms with Crippen LogP contribution in [0.2, 0.25) is 0 Å². The number of nitrogens with zero attached hydrogens (tertiary/aromatic N) is 2. The van der Waals surface area contributed by atoms with Gasteiger partial charge in [-0.3, -0.25) is 4.99 Å². The van der Waals surface area contributed by atoms with E-state index in [1.807, 2.05) is 18.8 Å². The lowest BCUT2D eigenvalue weighted by Crippen LogP contribution is -2.52. The van der Waals surface area contributed by atoms with Crippen molar-refractivity contribution in [3.63, 3.8) is 0 Å². The molecule has 0 amide bonds. The predicted octanol–water partition coefficient (Wildman–Crippen LogP) is 1.56. The van der Waals surface area contributed by atoms with E-state index in [9.17, 15) is 0 Å². The summed E-state index contributed by atoms with van der Waals surface area (Å²) < 4.78 is 11.3. The van der Waals surface area contributed by atoms with Crippen molar-refractivity contribution in [3.05, 3.63) is 0 Å². The smallest absolute Gasteiger partial charge is 0.191 e. The first-order chi connectivity index (χ1) is 12.7. The molecule has 3 aliphatic rings. The largest absolute Gasteiger partial charge is 0.381 e. The van der Waals surface area contributed by atoms with E-state index in [1.165, 1.54) is 38.9 Å². The van der Waals surface area contributed by atoms with Crippen LogP contribution in [0.25, 0.3) is 0 Å². The van der Waals surface area contributed by atoms with Crippen molar-refractivity contribution < 1.29 is 9.47 Å². The van der Waals surface area contributed by atoms with Crippen LogP contribution < -0.4 is 10.6 Å². The minimum absolute atomic E-state index is 0.280. The standard InChI is InChI=1S/C19H36N4O2S/c1-20-18(21-15-19(26-2)6-11-24-12-7-19)22-17-3-8-23(9-4-17)13-16-5-10-25-14-16/h16-17H,3-15H2,1-2H3,(H2,20,21,22). The number of hydrogen-bond acceptors (Lipinski definition) is 5. The van der Waals surface area contributed by atoms with E-state index < -0.39 is 0 Å². The van der Waals surface area contributed by atoms with Gasteiger partial charge in [0.05, 0.1) is 6.61 Å². The van der Waals surface area contributed by atoms with Crippen LogP contribution in [-0.2, 0) is 9.47 Å². The summed E-state index contributed by atoms with van der Waals surface area (Å²) in [7, 11) is 1.88. The van der Waals surface area contributed by atoms with Crippen LogP contribution in [0.15, 0.2) is 4.99 Å². The second-order valence-corrected chi connectivity index (χ2v) is 9.15. The lowest BCUT2D eigenvalue weighted by molar-refractivity contribution is 0.0782. The zero-order valence-electron chi connectivity index (χ0n) is 16.5. The van der Waals surface area contributed by atoms with E-state index in [4.69, 9.17) is 9.47 Å². The third kappa shape index (κ3) is 5.75. The quantitative estimate of drug-likeness (QED) is 0.535. The molecule has 3 saturated heterocycles. The molecule has 26 heavy (non-hydrogen) atoms. The molecule has 0 spiro atoms. The molecule has 3 aliphatic heterocycles. The zero-order valence-corrected chi connectivity index (χ0v) is 17.3. The van der Waals surface area contributed by atoms with Crippen molar-refractivity contribution in [3.8, 4) is 0 Å². The molecule has 0 aromatic carbocycles. The molecular weight excluding hydrogens is 348 g/mol.